The number of hydrogen-bond donors (Lipinski definition) is 0. The molecule has 0 saturated carbocycles. The summed E-state index contributed by atoms with van der Waals surface area (Å²) in [5, 5.41) is 5.19. The van der Waals surface area contributed by atoms with Crippen molar-refractivity contribution in [3.8, 4) is 0 Å². The van der Waals surface area contributed by atoms with Crippen molar-refractivity contribution in [2.75, 3.05) is 0 Å². The molecule has 0 radical (unpaired) electrons. The Morgan fingerprint density at radius 3 is 3.00 bits per heavy atom. The molecule has 18 heavy (non-hydrogen) atoms. The van der Waals surface area contributed by atoms with Gasteiger partial charge in [0.1, 0.15) is 6.54 Å². The first kappa shape index (κ1) is 11.0. The van der Waals surface area contributed by atoms with E-state index in [4.69, 9.17) is 4.52 Å². The smallest absolute Gasteiger partial charge is 0.246 e. The molecular formula is C14H15N3O. The summed E-state index contributed by atoms with van der Waals surface area (Å²) in [5.41, 5.74) is 1.19. The highest BCUT2D eigenvalue weighted by Gasteiger charge is 2.07. The molecule has 0 aliphatic carbocycles. The second-order valence-electron chi connectivity index (χ2n) is 4.36. The summed E-state index contributed by atoms with van der Waals surface area (Å²) in [5.74, 6) is 1.46. The number of aromatic nitrogens is 3. The molecular weight excluding hydrogens is 226 g/mol. The molecule has 0 unspecified atom stereocenters. The molecule has 0 spiro atoms. The molecule has 3 rings (SSSR count). The quantitative estimate of drug-likeness (QED) is 0.705. The van der Waals surface area contributed by atoms with Crippen LogP contribution in [0.2, 0.25) is 0 Å². The van der Waals surface area contributed by atoms with Gasteiger partial charge in [0, 0.05) is 18.1 Å². The van der Waals surface area contributed by atoms with E-state index >= 15 is 0 Å². The molecule has 2 aromatic heterocycles. The molecule has 0 atom stereocenters. The Morgan fingerprint density at radius 2 is 2.11 bits per heavy atom. The van der Waals surface area contributed by atoms with Crippen LogP contribution in [0.1, 0.15) is 25.1 Å². The molecule has 0 N–H and O–H groups in total. The Balaban J connectivity index is 1.87. The van der Waals surface area contributed by atoms with E-state index in [0.717, 1.165) is 18.7 Å². The van der Waals surface area contributed by atoms with Gasteiger partial charge in [0.25, 0.3) is 0 Å². The average Bonchev–Trinajstić information content (AvgIpc) is 2.99. The number of fused-ring (bicyclic) bond motifs is 1. The van der Waals surface area contributed by atoms with Gasteiger partial charge >= 0.3 is 0 Å². The summed E-state index contributed by atoms with van der Waals surface area (Å²) in [4.78, 5) is 4.38. The summed E-state index contributed by atoms with van der Waals surface area (Å²) in [6, 6.07) is 10.4. The van der Waals surface area contributed by atoms with Gasteiger partial charge in [0.2, 0.25) is 5.89 Å². The lowest BCUT2D eigenvalue weighted by Crippen LogP contribution is -1.98. The molecule has 0 bridgehead atoms. The Bertz CT molecular complexity index is 654. The van der Waals surface area contributed by atoms with Crippen molar-refractivity contribution in [1.29, 1.82) is 0 Å². The number of benzene rings is 1. The van der Waals surface area contributed by atoms with Crippen molar-refractivity contribution in [2.24, 2.45) is 0 Å². The van der Waals surface area contributed by atoms with E-state index in [1.807, 2.05) is 18.3 Å². The van der Waals surface area contributed by atoms with Crippen molar-refractivity contribution in [3.63, 3.8) is 0 Å². The molecule has 92 valence electrons. The Labute approximate surface area is 105 Å². The first-order valence-corrected chi connectivity index (χ1v) is 6.22. The fourth-order valence-electron chi connectivity index (χ4n) is 2.10. The lowest BCUT2D eigenvalue weighted by atomic mass is 10.2. The van der Waals surface area contributed by atoms with Crippen LogP contribution in [0.15, 0.2) is 41.1 Å². The molecule has 0 saturated heterocycles. The van der Waals surface area contributed by atoms with Gasteiger partial charge in [-0.05, 0) is 23.9 Å². The summed E-state index contributed by atoms with van der Waals surface area (Å²) in [7, 11) is 0. The minimum Gasteiger partial charge on any atom is -0.338 e. The van der Waals surface area contributed by atoms with E-state index in [0.29, 0.717) is 12.4 Å². The maximum atomic E-state index is 5.26. The van der Waals surface area contributed by atoms with Crippen molar-refractivity contribution < 1.29 is 4.52 Å². The first-order chi connectivity index (χ1) is 8.86. The van der Waals surface area contributed by atoms with E-state index in [1.165, 1.54) is 10.9 Å². The zero-order chi connectivity index (χ0) is 12.4. The summed E-state index contributed by atoms with van der Waals surface area (Å²) in [6.45, 7) is 2.74. The highest BCUT2D eigenvalue weighted by Crippen LogP contribution is 2.16. The minimum absolute atomic E-state index is 0.629. The van der Waals surface area contributed by atoms with Crippen LogP contribution in [0.3, 0.4) is 0 Å². The third kappa shape index (κ3) is 2.01. The minimum atomic E-state index is 0.629. The monoisotopic (exact) mass is 241 g/mol. The third-order valence-electron chi connectivity index (χ3n) is 2.97. The first-order valence-electron chi connectivity index (χ1n) is 6.22. The molecule has 2 heterocycles. The molecule has 0 amide bonds. The van der Waals surface area contributed by atoms with Crippen LogP contribution in [-0.4, -0.2) is 14.7 Å². The van der Waals surface area contributed by atoms with E-state index < -0.39 is 0 Å². The lowest BCUT2D eigenvalue weighted by molar-refractivity contribution is 0.367. The van der Waals surface area contributed by atoms with Crippen LogP contribution in [0.5, 0.6) is 0 Å². The average molecular weight is 241 g/mol. The Morgan fingerprint density at radius 1 is 1.22 bits per heavy atom. The van der Waals surface area contributed by atoms with Gasteiger partial charge in [-0.25, -0.2) is 0 Å². The van der Waals surface area contributed by atoms with Crippen molar-refractivity contribution in [3.05, 3.63) is 48.2 Å². The molecule has 4 nitrogen and oxygen atoms in total. The highest BCUT2D eigenvalue weighted by molar-refractivity contribution is 5.79. The second kappa shape index (κ2) is 4.64. The number of nitrogens with zero attached hydrogens (tertiary/aromatic N) is 3. The maximum absolute atomic E-state index is 5.26. The fourth-order valence-corrected chi connectivity index (χ4v) is 2.10. The largest absolute Gasteiger partial charge is 0.338 e. The van der Waals surface area contributed by atoms with Gasteiger partial charge in [-0.2, -0.15) is 4.98 Å². The predicted molar refractivity (Wildman–Crippen MR) is 69.3 cm³/mol. The Hall–Kier alpha value is -2.10. The molecule has 0 aliphatic rings. The van der Waals surface area contributed by atoms with E-state index in [9.17, 15) is 0 Å². The van der Waals surface area contributed by atoms with Gasteiger partial charge in [0.15, 0.2) is 5.82 Å². The van der Waals surface area contributed by atoms with Crippen LogP contribution in [0.4, 0.5) is 0 Å². The SMILES string of the molecule is CCCc1noc(Cn2ccc3ccccc32)n1. The normalized spacial score (nSPS) is 11.2. The van der Waals surface area contributed by atoms with Crippen LogP contribution >= 0.6 is 0 Å². The Kier molecular flexibility index (Phi) is 2.84. The summed E-state index contributed by atoms with van der Waals surface area (Å²) < 4.78 is 7.38. The molecule has 3 aromatic rings. The lowest BCUT2D eigenvalue weighted by Gasteiger charge is -2.00. The zero-order valence-electron chi connectivity index (χ0n) is 10.3. The molecule has 4 heteroatoms. The van der Waals surface area contributed by atoms with Crippen molar-refractivity contribution >= 4 is 10.9 Å². The fraction of sp³-hybridized carbons (Fsp3) is 0.286. The van der Waals surface area contributed by atoms with Gasteiger partial charge in [-0.15, -0.1) is 0 Å². The summed E-state index contributed by atoms with van der Waals surface area (Å²) in [6.07, 6.45) is 3.95. The second-order valence-corrected chi connectivity index (χ2v) is 4.36. The van der Waals surface area contributed by atoms with E-state index in [1.54, 1.807) is 0 Å². The van der Waals surface area contributed by atoms with E-state index in [-0.39, 0.29) is 0 Å². The zero-order valence-corrected chi connectivity index (χ0v) is 10.3. The topological polar surface area (TPSA) is 43.9 Å². The maximum Gasteiger partial charge on any atom is 0.246 e. The van der Waals surface area contributed by atoms with Crippen molar-refractivity contribution in [2.45, 2.75) is 26.3 Å². The molecule has 0 fully saturated rings. The number of para-hydroxylation sites is 1. The predicted octanol–water partition coefficient (Wildman–Crippen LogP) is 3.03. The standard InChI is InChI=1S/C14H15N3O/c1-2-5-13-15-14(18-16-13)10-17-9-8-11-6-3-4-7-12(11)17/h3-4,6-9H,2,5,10H2,1H3. The van der Waals surface area contributed by atoms with Gasteiger partial charge in [0.05, 0.1) is 0 Å². The van der Waals surface area contributed by atoms with E-state index in [2.05, 4.69) is 39.8 Å². The van der Waals surface area contributed by atoms with Gasteiger partial charge < -0.3 is 9.09 Å². The number of aryl methyl sites for hydroxylation is 1. The van der Waals surface area contributed by atoms with Gasteiger partial charge in [-0.3, -0.25) is 0 Å². The molecule has 1 aromatic carbocycles. The van der Waals surface area contributed by atoms with Crippen LogP contribution in [0.25, 0.3) is 10.9 Å². The van der Waals surface area contributed by atoms with Crippen LogP contribution in [-0.2, 0) is 13.0 Å². The molecule has 0 aliphatic heterocycles. The van der Waals surface area contributed by atoms with Crippen LogP contribution < -0.4 is 0 Å². The highest BCUT2D eigenvalue weighted by atomic mass is 16.5. The third-order valence-corrected chi connectivity index (χ3v) is 2.97. The number of hydrogen-bond acceptors (Lipinski definition) is 3. The summed E-state index contributed by atoms with van der Waals surface area (Å²) >= 11 is 0. The van der Waals surface area contributed by atoms with Crippen molar-refractivity contribution in [1.82, 2.24) is 14.7 Å². The number of rotatable bonds is 4. The van der Waals surface area contributed by atoms with Gasteiger partial charge in [-0.1, -0.05) is 30.3 Å². The van der Waals surface area contributed by atoms with Crippen LogP contribution in [0, 0.1) is 0 Å².